The molecular weight excluding hydrogens is 377 g/mol. The number of nitrogens with one attached hydrogen (secondary N) is 2. The van der Waals surface area contributed by atoms with Crippen LogP contribution < -0.4 is 10.9 Å². The Hall–Kier alpha value is -3.26. The van der Waals surface area contributed by atoms with E-state index in [0.29, 0.717) is 25.2 Å². The number of halogens is 1. The van der Waals surface area contributed by atoms with Gasteiger partial charge in [-0.1, -0.05) is 12.7 Å². The van der Waals surface area contributed by atoms with Crippen LogP contribution in [0, 0.1) is 5.92 Å². The highest BCUT2D eigenvalue weighted by Crippen LogP contribution is 2.28. The minimum Gasteiger partial charge on any atom is -0.464 e. The van der Waals surface area contributed by atoms with Crippen LogP contribution in [0.1, 0.15) is 28.9 Å². The van der Waals surface area contributed by atoms with Crippen molar-refractivity contribution in [1.82, 2.24) is 10.3 Å². The number of H-pyrrole nitrogens is 1. The summed E-state index contributed by atoms with van der Waals surface area (Å²) in [6, 6.07) is 1.35. The number of rotatable bonds is 10. The van der Waals surface area contributed by atoms with Gasteiger partial charge in [0.1, 0.15) is 22.8 Å². The van der Waals surface area contributed by atoms with Gasteiger partial charge < -0.3 is 19.8 Å². The summed E-state index contributed by atoms with van der Waals surface area (Å²) in [5.74, 6) is -0.393. The van der Waals surface area contributed by atoms with Gasteiger partial charge >= 0.3 is 0 Å². The van der Waals surface area contributed by atoms with Crippen molar-refractivity contribution in [3.63, 3.8) is 0 Å². The molecule has 8 heteroatoms. The molecule has 2 N–H and O–H groups in total. The number of amides is 1. The van der Waals surface area contributed by atoms with E-state index in [1.807, 2.05) is 0 Å². The standard InChI is InChI=1S/C21H24FN3O4/c1-4-29-18(10-7-14-5-8-15(22)9-6-14)19-17(23-2)13-16(21(27)25-19)20(26)24-11-12-28-3/h4-5,8-10,13-14H,1-2,6-7,11-12H2,3H3,(H,24,26)(H,25,27)/b18-10-. The topological polar surface area (TPSA) is 92.8 Å². The average Bonchev–Trinajstić information content (AvgIpc) is 2.72. The minimum absolute atomic E-state index is 0.0932. The summed E-state index contributed by atoms with van der Waals surface area (Å²) in [4.78, 5) is 31.2. The monoisotopic (exact) mass is 401 g/mol. The van der Waals surface area contributed by atoms with Crippen LogP contribution in [0.3, 0.4) is 0 Å². The summed E-state index contributed by atoms with van der Waals surface area (Å²) in [6.45, 7) is 7.64. The fraction of sp³-hybridized carbons (Fsp3) is 0.286. The van der Waals surface area contributed by atoms with Gasteiger partial charge in [-0.25, -0.2) is 4.39 Å². The summed E-state index contributed by atoms with van der Waals surface area (Å²) in [6.07, 6.45) is 8.80. The number of carbonyl (C=O) groups excluding carboxylic acids is 1. The van der Waals surface area contributed by atoms with E-state index in [0.717, 1.165) is 0 Å². The maximum Gasteiger partial charge on any atom is 0.261 e. The normalized spacial score (nSPS) is 16.1. The Balaban J connectivity index is 2.30. The molecule has 0 radical (unpaired) electrons. The molecule has 1 heterocycles. The molecule has 0 spiro atoms. The zero-order valence-corrected chi connectivity index (χ0v) is 16.2. The molecule has 1 unspecified atom stereocenters. The molecule has 7 nitrogen and oxygen atoms in total. The highest BCUT2D eigenvalue weighted by molar-refractivity contribution is 5.95. The molecule has 0 aromatic carbocycles. The Bertz CT molecular complexity index is 915. The van der Waals surface area contributed by atoms with Crippen LogP contribution in [0.5, 0.6) is 0 Å². The molecule has 1 aliphatic rings. The van der Waals surface area contributed by atoms with E-state index >= 15 is 0 Å². The Labute approximate surface area is 168 Å². The molecule has 1 aliphatic carbocycles. The van der Waals surface area contributed by atoms with Crippen LogP contribution in [0.2, 0.25) is 0 Å². The molecule has 1 aromatic rings. The largest absolute Gasteiger partial charge is 0.464 e. The summed E-state index contributed by atoms with van der Waals surface area (Å²) in [5, 5.41) is 2.59. The smallest absolute Gasteiger partial charge is 0.261 e. The molecule has 0 aliphatic heterocycles. The van der Waals surface area contributed by atoms with Gasteiger partial charge in [-0.3, -0.25) is 14.6 Å². The van der Waals surface area contributed by atoms with E-state index < -0.39 is 11.5 Å². The van der Waals surface area contributed by atoms with Crippen molar-refractivity contribution in [2.24, 2.45) is 10.9 Å². The summed E-state index contributed by atoms with van der Waals surface area (Å²) < 4.78 is 23.4. The third-order valence-corrected chi connectivity index (χ3v) is 4.23. The number of hydrogen-bond donors (Lipinski definition) is 2. The lowest BCUT2D eigenvalue weighted by atomic mass is 9.96. The van der Waals surface area contributed by atoms with Crippen molar-refractivity contribution >= 4 is 24.1 Å². The molecule has 0 saturated carbocycles. The van der Waals surface area contributed by atoms with Crippen LogP contribution in [0.4, 0.5) is 10.1 Å². The van der Waals surface area contributed by atoms with Crippen molar-refractivity contribution in [1.29, 1.82) is 0 Å². The maximum atomic E-state index is 13.1. The Kier molecular flexibility index (Phi) is 8.29. The number of carbonyl (C=O) groups is 1. The molecule has 29 heavy (non-hydrogen) atoms. The highest BCUT2D eigenvalue weighted by Gasteiger charge is 2.18. The second kappa shape index (κ2) is 10.9. The van der Waals surface area contributed by atoms with Gasteiger partial charge in [0, 0.05) is 13.7 Å². The number of ether oxygens (including phenoxy) is 2. The minimum atomic E-state index is -0.594. The molecule has 0 fully saturated rings. The fourth-order valence-electron chi connectivity index (χ4n) is 2.73. The first-order valence-electron chi connectivity index (χ1n) is 9.03. The van der Waals surface area contributed by atoms with Gasteiger partial charge in [0.05, 0.1) is 18.6 Å². The van der Waals surface area contributed by atoms with Gasteiger partial charge in [-0.05, 0) is 49.8 Å². The molecular formula is C21H24FN3O4. The van der Waals surface area contributed by atoms with Gasteiger partial charge in [-0.15, -0.1) is 0 Å². The lowest BCUT2D eigenvalue weighted by Crippen LogP contribution is -2.32. The van der Waals surface area contributed by atoms with Crippen molar-refractivity contribution in [3.8, 4) is 0 Å². The first kappa shape index (κ1) is 22.0. The highest BCUT2D eigenvalue weighted by atomic mass is 19.1. The van der Waals surface area contributed by atoms with Gasteiger partial charge in [0.25, 0.3) is 11.5 Å². The molecule has 1 atom stereocenters. The molecule has 0 bridgehead atoms. The van der Waals surface area contributed by atoms with E-state index in [1.165, 1.54) is 31.6 Å². The second-order valence-electron chi connectivity index (χ2n) is 6.21. The molecule has 154 valence electrons. The van der Waals surface area contributed by atoms with Gasteiger partial charge in [0.2, 0.25) is 0 Å². The Morgan fingerprint density at radius 1 is 1.52 bits per heavy atom. The number of aromatic nitrogens is 1. The SMILES string of the molecule is C=CO/C(=C\CC1C=CC(F)=CC1)c1[nH]c(=O)c(C(=O)NCCOC)cc1N=C. The van der Waals surface area contributed by atoms with E-state index in [-0.39, 0.29) is 35.2 Å². The molecule has 2 rings (SSSR count). The summed E-state index contributed by atoms with van der Waals surface area (Å²) >= 11 is 0. The van der Waals surface area contributed by atoms with Crippen LogP contribution in [0.25, 0.3) is 5.76 Å². The zero-order chi connectivity index (χ0) is 21.2. The first-order chi connectivity index (χ1) is 14.0. The predicted molar refractivity (Wildman–Crippen MR) is 111 cm³/mol. The third-order valence-electron chi connectivity index (χ3n) is 4.23. The number of pyridine rings is 1. The van der Waals surface area contributed by atoms with Crippen molar-refractivity contribution in [2.45, 2.75) is 12.8 Å². The molecule has 0 saturated heterocycles. The number of nitrogens with zero attached hydrogens (tertiary/aromatic N) is 1. The average molecular weight is 401 g/mol. The van der Waals surface area contributed by atoms with Crippen molar-refractivity contribution < 1.29 is 18.7 Å². The number of allylic oxidation sites excluding steroid dienone is 5. The number of methoxy groups -OCH3 is 1. The molecule has 1 amide bonds. The maximum absolute atomic E-state index is 13.1. The van der Waals surface area contributed by atoms with Crippen LogP contribution in [0.15, 0.2) is 58.8 Å². The van der Waals surface area contributed by atoms with Crippen molar-refractivity contribution in [2.75, 3.05) is 20.3 Å². The number of aromatic amines is 1. The van der Waals surface area contributed by atoms with Crippen LogP contribution >= 0.6 is 0 Å². The Morgan fingerprint density at radius 2 is 2.31 bits per heavy atom. The second-order valence-corrected chi connectivity index (χ2v) is 6.21. The van der Waals surface area contributed by atoms with E-state index in [2.05, 4.69) is 28.6 Å². The quantitative estimate of drug-likeness (QED) is 0.357. The van der Waals surface area contributed by atoms with Gasteiger partial charge in [-0.2, -0.15) is 0 Å². The van der Waals surface area contributed by atoms with Crippen LogP contribution in [-0.4, -0.2) is 37.9 Å². The molecule has 1 aromatic heterocycles. The van der Waals surface area contributed by atoms with Crippen molar-refractivity contribution in [3.05, 3.63) is 70.6 Å². The number of hydrogen-bond acceptors (Lipinski definition) is 5. The lowest BCUT2D eigenvalue weighted by Gasteiger charge is -2.14. The van der Waals surface area contributed by atoms with Gasteiger partial charge in [0.15, 0.2) is 0 Å². The summed E-state index contributed by atoms with van der Waals surface area (Å²) in [7, 11) is 1.51. The number of aliphatic imine (C=N–C) groups is 1. The van der Waals surface area contributed by atoms with Crippen LogP contribution in [-0.2, 0) is 9.47 Å². The fourth-order valence-corrected chi connectivity index (χ4v) is 2.73. The summed E-state index contributed by atoms with van der Waals surface area (Å²) in [5.41, 5.74) is -0.135. The van der Waals surface area contributed by atoms with E-state index in [1.54, 1.807) is 12.2 Å². The zero-order valence-electron chi connectivity index (χ0n) is 16.2. The van der Waals surface area contributed by atoms with E-state index in [4.69, 9.17) is 9.47 Å². The Morgan fingerprint density at radius 3 is 2.93 bits per heavy atom. The first-order valence-corrected chi connectivity index (χ1v) is 9.03. The predicted octanol–water partition coefficient (Wildman–Crippen LogP) is 3.40. The lowest BCUT2D eigenvalue weighted by molar-refractivity contribution is 0.0935. The third kappa shape index (κ3) is 6.11. The van der Waals surface area contributed by atoms with E-state index in [9.17, 15) is 14.0 Å².